The predicted molar refractivity (Wildman–Crippen MR) is 103 cm³/mol. The third-order valence-corrected chi connectivity index (χ3v) is 5.52. The molecule has 1 fully saturated rings. The third-order valence-electron chi connectivity index (χ3n) is 4.76. The van der Waals surface area contributed by atoms with Crippen LogP contribution in [0.25, 0.3) is 11.3 Å². The highest BCUT2D eigenvalue weighted by Crippen LogP contribution is 2.27. The summed E-state index contributed by atoms with van der Waals surface area (Å²) in [7, 11) is 0. The molecule has 1 saturated heterocycles. The summed E-state index contributed by atoms with van der Waals surface area (Å²) in [5.74, 6) is -2.45. The van der Waals surface area contributed by atoms with E-state index in [0.29, 0.717) is 42.3 Å². The van der Waals surface area contributed by atoms with Crippen LogP contribution in [0.4, 0.5) is 13.9 Å². The summed E-state index contributed by atoms with van der Waals surface area (Å²) in [6.45, 7) is 0.869. The number of halogens is 2. The molecule has 1 N–H and O–H groups in total. The van der Waals surface area contributed by atoms with Gasteiger partial charge in [-0.1, -0.05) is 0 Å². The third kappa shape index (κ3) is 4.19. The van der Waals surface area contributed by atoms with Crippen LogP contribution in [-0.4, -0.2) is 34.8 Å². The number of likely N-dealkylation sites (tertiary alicyclic amines) is 1. The lowest BCUT2D eigenvalue weighted by Gasteiger charge is -2.31. The van der Waals surface area contributed by atoms with Gasteiger partial charge >= 0.3 is 0 Å². The van der Waals surface area contributed by atoms with Gasteiger partial charge in [0.15, 0.2) is 22.5 Å². The summed E-state index contributed by atoms with van der Waals surface area (Å²) < 4.78 is 31.7. The minimum Gasteiger partial charge on any atom is -0.459 e. The van der Waals surface area contributed by atoms with E-state index in [1.807, 2.05) is 0 Å². The van der Waals surface area contributed by atoms with Gasteiger partial charge in [0.25, 0.3) is 5.91 Å². The zero-order valence-corrected chi connectivity index (χ0v) is 16.0. The molecule has 0 radical (unpaired) electrons. The van der Waals surface area contributed by atoms with E-state index in [4.69, 9.17) is 4.42 Å². The van der Waals surface area contributed by atoms with Crippen molar-refractivity contribution in [3.8, 4) is 11.3 Å². The van der Waals surface area contributed by atoms with Crippen molar-refractivity contribution in [2.24, 2.45) is 5.92 Å². The Bertz CT molecular complexity index is 1040. The van der Waals surface area contributed by atoms with Crippen LogP contribution < -0.4 is 5.32 Å². The lowest BCUT2D eigenvalue weighted by molar-refractivity contribution is -0.121. The molecule has 0 aliphatic carbocycles. The number of piperidine rings is 1. The fraction of sp³-hybridized carbons (Fsp3) is 0.250. The van der Waals surface area contributed by atoms with Gasteiger partial charge in [0, 0.05) is 24.0 Å². The zero-order valence-electron chi connectivity index (χ0n) is 15.2. The van der Waals surface area contributed by atoms with E-state index in [0.717, 1.165) is 12.1 Å². The number of thiazole rings is 1. The van der Waals surface area contributed by atoms with Gasteiger partial charge in [-0.2, -0.15) is 0 Å². The minimum atomic E-state index is -0.954. The van der Waals surface area contributed by atoms with Crippen molar-refractivity contribution in [1.82, 2.24) is 9.88 Å². The number of hydrogen-bond donors (Lipinski definition) is 1. The van der Waals surface area contributed by atoms with E-state index in [1.165, 1.54) is 23.7 Å². The Morgan fingerprint density at radius 3 is 2.86 bits per heavy atom. The average molecular weight is 417 g/mol. The Hall–Kier alpha value is -3.07. The van der Waals surface area contributed by atoms with Gasteiger partial charge < -0.3 is 14.6 Å². The minimum absolute atomic E-state index is 0.229. The summed E-state index contributed by atoms with van der Waals surface area (Å²) in [6.07, 6.45) is 2.81. The summed E-state index contributed by atoms with van der Waals surface area (Å²) in [6, 6.07) is 6.78. The quantitative estimate of drug-likeness (QED) is 0.691. The van der Waals surface area contributed by atoms with Crippen LogP contribution in [0.3, 0.4) is 0 Å². The Kier molecular flexibility index (Phi) is 5.39. The molecule has 0 saturated carbocycles. The van der Waals surface area contributed by atoms with Gasteiger partial charge in [0.1, 0.15) is 0 Å². The second-order valence-corrected chi connectivity index (χ2v) is 7.58. The number of carbonyl (C=O) groups excluding carboxylic acids is 2. The average Bonchev–Trinajstić information content (AvgIpc) is 3.42. The lowest BCUT2D eigenvalue weighted by atomic mass is 9.97. The highest BCUT2D eigenvalue weighted by Gasteiger charge is 2.30. The van der Waals surface area contributed by atoms with Crippen LogP contribution in [0, 0.1) is 17.6 Å². The molecule has 9 heteroatoms. The Morgan fingerprint density at radius 1 is 1.24 bits per heavy atom. The van der Waals surface area contributed by atoms with Gasteiger partial charge in [-0.05, 0) is 43.2 Å². The van der Waals surface area contributed by atoms with E-state index in [2.05, 4.69) is 10.3 Å². The lowest BCUT2D eigenvalue weighted by Crippen LogP contribution is -2.43. The second-order valence-electron chi connectivity index (χ2n) is 6.72. The van der Waals surface area contributed by atoms with Crippen molar-refractivity contribution in [1.29, 1.82) is 0 Å². The number of anilines is 1. The summed E-state index contributed by atoms with van der Waals surface area (Å²) in [5, 5.41) is 4.79. The molecular weight excluding hydrogens is 400 g/mol. The van der Waals surface area contributed by atoms with Crippen LogP contribution in [0.1, 0.15) is 23.4 Å². The largest absolute Gasteiger partial charge is 0.459 e. The second kappa shape index (κ2) is 8.12. The summed E-state index contributed by atoms with van der Waals surface area (Å²) in [5.41, 5.74) is 0.871. The number of nitrogens with one attached hydrogen (secondary N) is 1. The molecular formula is C20H17F2N3O3S. The SMILES string of the molecule is O=C(Nc1nc(-c2ccc(F)c(F)c2)cs1)[C@@H]1CCCN(C(=O)c2ccco2)C1. The number of aromatic nitrogens is 1. The Morgan fingerprint density at radius 2 is 2.10 bits per heavy atom. The van der Waals surface area contributed by atoms with Gasteiger partial charge in [-0.3, -0.25) is 9.59 Å². The highest BCUT2D eigenvalue weighted by molar-refractivity contribution is 7.14. The van der Waals surface area contributed by atoms with Gasteiger partial charge in [-0.15, -0.1) is 11.3 Å². The molecule has 0 spiro atoms. The number of benzene rings is 1. The number of furan rings is 1. The molecule has 2 amide bonds. The van der Waals surface area contributed by atoms with Crippen LogP contribution >= 0.6 is 11.3 Å². The topological polar surface area (TPSA) is 75.4 Å². The maximum absolute atomic E-state index is 13.4. The van der Waals surface area contributed by atoms with Crippen LogP contribution in [0.5, 0.6) is 0 Å². The van der Waals surface area contributed by atoms with E-state index >= 15 is 0 Å². The first-order valence-corrected chi connectivity index (χ1v) is 9.94. The van der Waals surface area contributed by atoms with E-state index in [9.17, 15) is 18.4 Å². The van der Waals surface area contributed by atoms with Crippen molar-refractivity contribution in [2.45, 2.75) is 12.8 Å². The number of amides is 2. The van der Waals surface area contributed by atoms with Gasteiger partial charge in [-0.25, -0.2) is 13.8 Å². The van der Waals surface area contributed by atoms with Crippen molar-refractivity contribution in [3.05, 3.63) is 59.4 Å². The predicted octanol–water partition coefficient (Wildman–Crippen LogP) is 4.17. The maximum atomic E-state index is 13.4. The first-order valence-electron chi connectivity index (χ1n) is 9.06. The molecule has 0 bridgehead atoms. The van der Waals surface area contributed by atoms with E-state index in [1.54, 1.807) is 22.4 Å². The van der Waals surface area contributed by atoms with Crippen molar-refractivity contribution in [2.75, 3.05) is 18.4 Å². The fourth-order valence-electron chi connectivity index (χ4n) is 3.26. The summed E-state index contributed by atoms with van der Waals surface area (Å²) in [4.78, 5) is 31.0. The molecule has 0 unspecified atom stereocenters. The number of hydrogen-bond acceptors (Lipinski definition) is 5. The zero-order chi connectivity index (χ0) is 20.4. The molecule has 1 aromatic carbocycles. The number of rotatable bonds is 4. The maximum Gasteiger partial charge on any atom is 0.289 e. The van der Waals surface area contributed by atoms with E-state index < -0.39 is 11.6 Å². The Labute approximate surface area is 169 Å². The fourth-order valence-corrected chi connectivity index (χ4v) is 3.98. The van der Waals surface area contributed by atoms with Crippen LogP contribution in [0.2, 0.25) is 0 Å². The highest BCUT2D eigenvalue weighted by atomic mass is 32.1. The first kappa shape index (κ1) is 19.3. The Balaban J connectivity index is 1.41. The van der Waals surface area contributed by atoms with Crippen LogP contribution in [0.15, 0.2) is 46.4 Å². The molecule has 1 atom stereocenters. The van der Waals surface area contributed by atoms with Crippen LogP contribution in [-0.2, 0) is 4.79 Å². The number of nitrogens with zero attached hydrogens (tertiary/aromatic N) is 2. The van der Waals surface area contributed by atoms with Crippen molar-refractivity contribution < 1.29 is 22.8 Å². The van der Waals surface area contributed by atoms with Gasteiger partial charge in [0.05, 0.1) is 17.9 Å². The van der Waals surface area contributed by atoms with Gasteiger partial charge in [0.2, 0.25) is 5.91 Å². The molecule has 1 aliphatic heterocycles. The standard InChI is InChI=1S/C20H17F2N3O3S/c21-14-6-5-12(9-15(14)22)16-11-29-20(23-16)24-18(26)13-3-1-7-25(10-13)19(27)17-4-2-8-28-17/h2,4-6,8-9,11,13H,1,3,7,10H2,(H,23,24,26)/t13-/m1/s1. The molecule has 3 heterocycles. The smallest absolute Gasteiger partial charge is 0.289 e. The molecule has 1 aliphatic rings. The van der Waals surface area contributed by atoms with E-state index in [-0.39, 0.29) is 23.5 Å². The summed E-state index contributed by atoms with van der Waals surface area (Å²) >= 11 is 1.20. The number of carbonyl (C=O) groups is 2. The molecule has 3 aromatic rings. The molecule has 2 aromatic heterocycles. The molecule has 29 heavy (non-hydrogen) atoms. The first-order chi connectivity index (χ1) is 14.0. The van der Waals surface area contributed by atoms with Crippen molar-refractivity contribution in [3.63, 3.8) is 0 Å². The molecule has 6 nitrogen and oxygen atoms in total. The molecule has 4 rings (SSSR count). The normalized spacial score (nSPS) is 16.6. The monoisotopic (exact) mass is 417 g/mol. The molecule has 150 valence electrons. The van der Waals surface area contributed by atoms with Crippen molar-refractivity contribution >= 4 is 28.3 Å².